The summed E-state index contributed by atoms with van der Waals surface area (Å²) in [6.07, 6.45) is 3.80. The molecule has 1 saturated heterocycles. The van der Waals surface area contributed by atoms with Crippen LogP contribution in [0.4, 0.5) is 0 Å². The average molecular weight is 408 g/mol. The van der Waals surface area contributed by atoms with Crippen LogP contribution in [0.25, 0.3) is 0 Å². The fourth-order valence-electron chi connectivity index (χ4n) is 4.32. The lowest BCUT2D eigenvalue weighted by molar-refractivity contribution is -0.181. The zero-order valence-electron chi connectivity index (χ0n) is 15.2. The molecule has 0 atom stereocenters. The largest absolute Gasteiger partial charge is 0.460 e. The molecule has 2 aromatic rings. The molecule has 2 fully saturated rings. The number of carbonyl (C=O) groups is 1. The topological polar surface area (TPSA) is 70.0 Å². The Bertz CT molecular complexity index is 709. The van der Waals surface area contributed by atoms with Gasteiger partial charge in [0.25, 0.3) is 0 Å². The number of β-amino-alcohol motifs (C(OH)–C–C–N with tert-alkyl or cyclic N) is 1. The summed E-state index contributed by atoms with van der Waals surface area (Å²) < 4.78 is 5.77. The summed E-state index contributed by atoms with van der Waals surface area (Å²) in [5, 5.41) is 24.1. The van der Waals surface area contributed by atoms with E-state index < -0.39 is 11.6 Å². The van der Waals surface area contributed by atoms with Crippen molar-refractivity contribution in [3.05, 3.63) is 44.8 Å². The third-order valence-corrected chi connectivity index (χ3v) is 7.94. The summed E-state index contributed by atoms with van der Waals surface area (Å²) in [5.74, 6) is -0.565. The van der Waals surface area contributed by atoms with Crippen LogP contribution in [0.15, 0.2) is 35.0 Å². The Morgan fingerprint density at radius 1 is 1.19 bits per heavy atom. The first-order chi connectivity index (χ1) is 13.1. The number of hydrogen-bond acceptors (Lipinski definition) is 7. The summed E-state index contributed by atoms with van der Waals surface area (Å²) in [4.78, 5) is 16.5. The van der Waals surface area contributed by atoms with Crippen LogP contribution < -0.4 is 0 Å². The number of likely N-dealkylation sites (tertiary alicyclic amines) is 1. The van der Waals surface area contributed by atoms with Gasteiger partial charge in [-0.15, -0.1) is 22.7 Å². The molecule has 4 rings (SSSR count). The minimum atomic E-state index is -1.71. The van der Waals surface area contributed by atoms with Crippen molar-refractivity contribution in [1.29, 1.82) is 0 Å². The number of hydrogen-bond donors (Lipinski definition) is 2. The second-order valence-corrected chi connectivity index (χ2v) is 9.56. The highest BCUT2D eigenvalue weighted by molar-refractivity contribution is 7.12. The van der Waals surface area contributed by atoms with Gasteiger partial charge in [-0.25, -0.2) is 4.79 Å². The van der Waals surface area contributed by atoms with Gasteiger partial charge in [0.1, 0.15) is 6.10 Å². The molecule has 0 unspecified atom stereocenters. The Morgan fingerprint density at radius 2 is 1.78 bits per heavy atom. The first-order valence-electron chi connectivity index (χ1n) is 9.40. The molecule has 2 N–H and O–H groups in total. The molecule has 146 valence electrons. The van der Waals surface area contributed by atoms with E-state index in [2.05, 4.69) is 4.90 Å². The second-order valence-electron chi connectivity index (χ2n) is 7.67. The monoisotopic (exact) mass is 407 g/mol. The van der Waals surface area contributed by atoms with E-state index in [-0.39, 0.29) is 18.1 Å². The number of aliphatic hydroxyl groups is 2. The third kappa shape index (κ3) is 3.59. The number of thiophene rings is 2. The molecule has 7 heteroatoms. The Labute approximate surface area is 167 Å². The summed E-state index contributed by atoms with van der Waals surface area (Å²) >= 11 is 2.73. The number of nitrogens with zero attached hydrogens (tertiary/aromatic N) is 1. The van der Waals surface area contributed by atoms with E-state index >= 15 is 0 Å². The highest BCUT2D eigenvalue weighted by atomic mass is 32.1. The van der Waals surface area contributed by atoms with Gasteiger partial charge in [-0.3, -0.25) is 0 Å². The van der Waals surface area contributed by atoms with Crippen molar-refractivity contribution in [1.82, 2.24) is 4.90 Å². The molecule has 27 heavy (non-hydrogen) atoms. The molecule has 0 amide bonds. The number of carbonyl (C=O) groups excluding carboxylic acids is 1. The Hall–Kier alpha value is -1.25. The summed E-state index contributed by atoms with van der Waals surface area (Å²) in [6.45, 7) is 2.94. The predicted octanol–water partition coefficient (Wildman–Crippen LogP) is 2.83. The molecule has 3 heterocycles. The molecule has 1 aliphatic carbocycles. The maximum Gasteiger partial charge on any atom is 0.349 e. The van der Waals surface area contributed by atoms with E-state index in [1.54, 1.807) is 12.1 Å². The van der Waals surface area contributed by atoms with E-state index in [1.165, 1.54) is 22.7 Å². The van der Waals surface area contributed by atoms with Crippen LogP contribution in [-0.2, 0) is 15.1 Å². The first kappa shape index (κ1) is 19.1. The Balaban J connectivity index is 1.39. The predicted molar refractivity (Wildman–Crippen MR) is 106 cm³/mol. The maximum atomic E-state index is 13.0. The standard InChI is InChI=1S/C20H25NO4S2/c22-10-9-21-7-5-19(6-8-21)13-15(14-19)25-18(23)20(24,16-3-1-11-26-16)17-4-2-12-27-17/h1-4,11-12,15,22,24H,5-10,13-14H2. The molecule has 0 aromatic carbocycles. The highest BCUT2D eigenvalue weighted by Gasteiger charge is 2.51. The van der Waals surface area contributed by atoms with E-state index in [0.29, 0.717) is 9.75 Å². The van der Waals surface area contributed by atoms with Crippen molar-refractivity contribution in [2.45, 2.75) is 37.4 Å². The highest BCUT2D eigenvalue weighted by Crippen LogP contribution is 2.51. The van der Waals surface area contributed by atoms with E-state index in [9.17, 15) is 9.90 Å². The third-order valence-electron chi connectivity index (χ3n) is 5.98. The van der Waals surface area contributed by atoms with Gasteiger partial charge in [0.05, 0.1) is 16.4 Å². The number of rotatable bonds is 6. The molecular formula is C20H25NO4S2. The lowest BCUT2D eigenvalue weighted by Crippen LogP contribution is -2.52. The van der Waals surface area contributed by atoms with Crippen LogP contribution in [0.1, 0.15) is 35.4 Å². The quantitative estimate of drug-likeness (QED) is 0.721. The zero-order chi connectivity index (χ0) is 18.9. The van der Waals surface area contributed by atoms with Gasteiger partial charge in [0, 0.05) is 6.54 Å². The molecule has 0 radical (unpaired) electrons. The average Bonchev–Trinajstić information content (AvgIpc) is 3.35. The Kier molecular flexibility index (Phi) is 5.40. The second kappa shape index (κ2) is 7.64. The molecule has 2 aromatic heterocycles. The van der Waals surface area contributed by atoms with Crippen molar-refractivity contribution in [3.8, 4) is 0 Å². The van der Waals surface area contributed by atoms with Crippen LogP contribution >= 0.6 is 22.7 Å². The van der Waals surface area contributed by atoms with Gasteiger partial charge >= 0.3 is 5.97 Å². The van der Waals surface area contributed by atoms with E-state index in [0.717, 1.165) is 45.3 Å². The van der Waals surface area contributed by atoms with Crippen LogP contribution in [0.5, 0.6) is 0 Å². The van der Waals surface area contributed by atoms with Gasteiger partial charge in [-0.05, 0) is 67.1 Å². The van der Waals surface area contributed by atoms with Crippen molar-refractivity contribution < 1.29 is 19.7 Å². The van der Waals surface area contributed by atoms with Gasteiger partial charge in [0.2, 0.25) is 5.60 Å². The Morgan fingerprint density at radius 3 is 2.26 bits per heavy atom. The SMILES string of the molecule is O=C(OC1CC2(CCN(CCO)CC2)C1)C(O)(c1cccs1)c1cccs1. The molecule has 5 nitrogen and oxygen atoms in total. The van der Waals surface area contributed by atoms with E-state index in [1.807, 2.05) is 22.9 Å². The number of ether oxygens (including phenoxy) is 1. The van der Waals surface area contributed by atoms with Gasteiger partial charge < -0.3 is 19.8 Å². The minimum Gasteiger partial charge on any atom is -0.460 e. The molecule has 0 bridgehead atoms. The van der Waals surface area contributed by atoms with Gasteiger partial charge in [-0.2, -0.15) is 0 Å². The van der Waals surface area contributed by atoms with Gasteiger partial charge in [0.15, 0.2) is 0 Å². The van der Waals surface area contributed by atoms with Crippen LogP contribution in [0, 0.1) is 5.41 Å². The summed E-state index contributed by atoms with van der Waals surface area (Å²) in [6, 6.07) is 7.24. The lowest BCUT2D eigenvalue weighted by atomic mass is 9.61. The van der Waals surface area contributed by atoms with Crippen LogP contribution in [-0.4, -0.2) is 53.4 Å². The van der Waals surface area contributed by atoms with Crippen LogP contribution in [0.3, 0.4) is 0 Å². The fourth-order valence-corrected chi connectivity index (χ4v) is 6.03. The van der Waals surface area contributed by atoms with E-state index in [4.69, 9.17) is 9.84 Å². The van der Waals surface area contributed by atoms with Crippen molar-refractivity contribution in [2.24, 2.45) is 5.41 Å². The zero-order valence-corrected chi connectivity index (χ0v) is 16.8. The fraction of sp³-hybridized carbons (Fsp3) is 0.550. The van der Waals surface area contributed by atoms with Gasteiger partial charge in [-0.1, -0.05) is 12.1 Å². The van der Waals surface area contributed by atoms with Crippen LogP contribution in [0.2, 0.25) is 0 Å². The normalized spacial score (nSPS) is 20.5. The molecule has 2 aliphatic rings. The van der Waals surface area contributed by atoms with Crippen molar-refractivity contribution in [2.75, 3.05) is 26.2 Å². The number of aliphatic hydroxyl groups excluding tert-OH is 1. The number of esters is 1. The van der Waals surface area contributed by atoms with Crippen molar-refractivity contribution in [3.63, 3.8) is 0 Å². The lowest BCUT2D eigenvalue weighted by Gasteiger charge is -2.51. The maximum absolute atomic E-state index is 13.0. The molecule has 1 saturated carbocycles. The minimum absolute atomic E-state index is 0.117. The smallest absolute Gasteiger partial charge is 0.349 e. The summed E-state index contributed by atoms with van der Waals surface area (Å²) in [7, 11) is 0. The summed E-state index contributed by atoms with van der Waals surface area (Å²) in [5.41, 5.74) is -1.45. The molecular weight excluding hydrogens is 382 g/mol. The number of piperidine rings is 1. The molecule has 1 spiro atoms. The van der Waals surface area contributed by atoms with Crippen molar-refractivity contribution >= 4 is 28.6 Å². The molecule has 1 aliphatic heterocycles. The first-order valence-corrected chi connectivity index (χ1v) is 11.2.